The van der Waals surface area contributed by atoms with Crippen molar-refractivity contribution in [1.29, 1.82) is 0 Å². The predicted molar refractivity (Wildman–Crippen MR) is 65.1 cm³/mol. The Morgan fingerprint density at radius 3 is 2.94 bits per heavy atom. The maximum Gasteiger partial charge on any atom is 0.289 e. The molecule has 6 heteroatoms. The van der Waals surface area contributed by atoms with Crippen molar-refractivity contribution in [2.24, 2.45) is 5.10 Å². The molecule has 0 saturated heterocycles. The van der Waals surface area contributed by atoms with Crippen molar-refractivity contribution >= 4 is 23.7 Å². The second kappa shape index (κ2) is 5.27. The van der Waals surface area contributed by atoms with Gasteiger partial charge in [-0.05, 0) is 12.1 Å². The van der Waals surface area contributed by atoms with Crippen molar-refractivity contribution in [3.8, 4) is 0 Å². The van der Waals surface area contributed by atoms with Crippen molar-refractivity contribution < 1.29 is 4.79 Å². The van der Waals surface area contributed by atoms with E-state index in [4.69, 9.17) is 11.6 Å². The van der Waals surface area contributed by atoms with E-state index in [-0.39, 0.29) is 5.91 Å². The van der Waals surface area contributed by atoms with Crippen molar-refractivity contribution in [3.05, 3.63) is 52.8 Å². The fourth-order valence-corrected chi connectivity index (χ4v) is 1.37. The number of carbonyl (C=O) groups is 1. The third-order valence-electron chi connectivity index (χ3n) is 2.02. The highest BCUT2D eigenvalue weighted by Crippen LogP contribution is 2.11. The summed E-state index contributed by atoms with van der Waals surface area (Å²) in [7, 11) is 0. The van der Waals surface area contributed by atoms with Crippen LogP contribution in [0.4, 0.5) is 0 Å². The molecule has 1 aromatic heterocycles. The first kappa shape index (κ1) is 11.3. The molecular formula is C11H9ClN4O. The van der Waals surface area contributed by atoms with Crippen LogP contribution in [0.15, 0.2) is 41.6 Å². The van der Waals surface area contributed by atoms with Crippen LogP contribution in [0.2, 0.25) is 5.02 Å². The number of benzene rings is 1. The fourth-order valence-electron chi connectivity index (χ4n) is 1.18. The Balaban J connectivity index is 1.99. The number of aromatic amines is 1. The van der Waals surface area contributed by atoms with E-state index in [1.165, 1.54) is 12.4 Å². The summed E-state index contributed by atoms with van der Waals surface area (Å²) in [6, 6.07) is 8.76. The highest BCUT2D eigenvalue weighted by molar-refractivity contribution is 6.33. The number of aromatic nitrogens is 2. The van der Waals surface area contributed by atoms with Crippen LogP contribution in [-0.2, 0) is 0 Å². The molecule has 0 spiro atoms. The normalized spacial score (nSPS) is 10.6. The molecule has 1 aromatic carbocycles. The lowest BCUT2D eigenvalue weighted by Gasteiger charge is -1.97. The van der Waals surface area contributed by atoms with Crippen LogP contribution in [0, 0.1) is 0 Å². The van der Waals surface area contributed by atoms with Gasteiger partial charge >= 0.3 is 0 Å². The monoisotopic (exact) mass is 248 g/mol. The lowest BCUT2D eigenvalue weighted by molar-refractivity contribution is 0.0950. The smallest absolute Gasteiger partial charge is 0.273 e. The quantitative estimate of drug-likeness (QED) is 0.643. The van der Waals surface area contributed by atoms with Crippen molar-refractivity contribution in [2.75, 3.05) is 0 Å². The molecule has 2 aromatic rings. The molecule has 86 valence electrons. The van der Waals surface area contributed by atoms with Crippen molar-refractivity contribution in [3.63, 3.8) is 0 Å². The van der Waals surface area contributed by atoms with Crippen LogP contribution >= 0.6 is 11.6 Å². The molecule has 1 heterocycles. The Bertz CT molecular complexity index is 536. The number of amides is 1. The Morgan fingerprint density at radius 2 is 2.24 bits per heavy atom. The lowest BCUT2D eigenvalue weighted by Crippen LogP contribution is -2.18. The average molecular weight is 249 g/mol. The fraction of sp³-hybridized carbons (Fsp3) is 0. The molecule has 0 fully saturated rings. The van der Waals surface area contributed by atoms with Gasteiger partial charge in [0.2, 0.25) is 0 Å². The lowest BCUT2D eigenvalue weighted by atomic mass is 10.2. The Kier molecular flexibility index (Phi) is 3.52. The summed E-state index contributed by atoms with van der Waals surface area (Å²) >= 11 is 5.92. The van der Waals surface area contributed by atoms with Crippen molar-refractivity contribution in [2.45, 2.75) is 0 Å². The van der Waals surface area contributed by atoms with Crippen LogP contribution in [0.25, 0.3) is 0 Å². The van der Waals surface area contributed by atoms with E-state index in [0.717, 1.165) is 5.56 Å². The molecule has 1 amide bonds. The molecule has 17 heavy (non-hydrogen) atoms. The van der Waals surface area contributed by atoms with Gasteiger partial charge in [0, 0.05) is 16.8 Å². The predicted octanol–water partition coefficient (Wildman–Crippen LogP) is 1.83. The van der Waals surface area contributed by atoms with Crippen LogP contribution < -0.4 is 5.43 Å². The van der Waals surface area contributed by atoms with Crippen LogP contribution in [0.3, 0.4) is 0 Å². The number of rotatable bonds is 3. The summed E-state index contributed by atoms with van der Waals surface area (Å²) in [5, 5.41) is 10.6. The number of nitrogens with one attached hydrogen (secondary N) is 2. The van der Waals surface area contributed by atoms with Gasteiger partial charge in [-0.15, -0.1) is 0 Å². The maximum absolute atomic E-state index is 11.5. The second-order valence-electron chi connectivity index (χ2n) is 3.19. The molecule has 0 aliphatic heterocycles. The SMILES string of the molecule is O=C(NN=Cc1ccccc1Cl)c1ccn[nH]1. The molecule has 0 aliphatic rings. The van der Waals surface area contributed by atoms with Gasteiger partial charge < -0.3 is 0 Å². The second-order valence-corrected chi connectivity index (χ2v) is 3.60. The average Bonchev–Trinajstić information content (AvgIpc) is 2.85. The Morgan fingerprint density at radius 1 is 1.41 bits per heavy atom. The third-order valence-corrected chi connectivity index (χ3v) is 2.36. The molecule has 0 saturated carbocycles. The van der Waals surface area contributed by atoms with E-state index in [0.29, 0.717) is 10.7 Å². The zero-order chi connectivity index (χ0) is 12.1. The van der Waals surface area contributed by atoms with E-state index in [9.17, 15) is 4.79 Å². The minimum absolute atomic E-state index is 0.348. The summed E-state index contributed by atoms with van der Waals surface area (Å²) in [6.07, 6.45) is 2.98. The number of hydrogen-bond donors (Lipinski definition) is 2. The van der Waals surface area contributed by atoms with Gasteiger partial charge in [-0.1, -0.05) is 29.8 Å². The van der Waals surface area contributed by atoms with Crippen LogP contribution in [0.5, 0.6) is 0 Å². The first-order chi connectivity index (χ1) is 8.27. The molecule has 0 radical (unpaired) electrons. The van der Waals surface area contributed by atoms with Crippen LogP contribution in [0.1, 0.15) is 16.1 Å². The van der Waals surface area contributed by atoms with E-state index in [1.54, 1.807) is 18.2 Å². The zero-order valence-electron chi connectivity index (χ0n) is 8.72. The highest BCUT2D eigenvalue weighted by Gasteiger charge is 2.03. The number of nitrogens with zero attached hydrogens (tertiary/aromatic N) is 2. The van der Waals surface area contributed by atoms with Gasteiger partial charge in [0.15, 0.2) is 0 Å². The first-order valence-corrected chi connectivity index (χ1v) is 5.22. The molecule has 0 bridgehead atoms. The molecule has 0 atom stereocenters. The molecule has 5 nitrogen and oxygen atoms in total. The minimum Gasteiger partial charge on any atom is -0.273 e. The molecule has 0 unspecified atom stereocenters. The highest BCUT2D eigenvalue weighted by atomic mass is 35.5. The summed E-state index contributed by atoms with van der Waals surface area (Å²) in [5.74, 6) is -0.356. The topological polar surface area (TPSA) is 70.1 Å². The molecule has 2 rings (SSSR count). The number of hydrazone groups is 1. The minimum atomic E-state index is -0.356. The zero-order valence-corrected chi connectivity index (χ0v) is 9.48. The third kappa shape index (κ3) is 2.92. The molecule has 2 N–H and O–H groups in total. The first-order valence-electron chi connectivity index (χ1n) is 4.84. The number of halogens is 1. The number of carbonyl (C=O) groups excluding carboxylic acids is 1. The van der Waals surface area contributed by atoms with Crippen LogP contribution in [-0.4, -0.2) is 22.3 Å². The summed E-state index contributed by atoms with van der Waals surface area (Å²) < 4.78 is 0. The Hall–Kier alpha value is -2.14. The standard InChI is InChI=1S/C11H9ClN4O/c12-9-4-2-1-3-8(9)7-14-16-11(17)10-5-6-13-15-10/h1-7H,(H,13,15)(H,16,17). The largest absolute Gasteiger partial charge is 0.289 e. The van der Waals surface area contributed by atoms with Gasteiger partial charge in [0.05, 0.1) is 6.21 Å². The molecule has 0 aliphatic carbocycles. The van der Waals surface area contributed by atoms with E-state index >= 15 is 0 Å². The maximum atomic E-state index is 11.5. The van der Waals surface area contributed by atoms with Gasteiger partial charge in [0.25, 0.3) is 5.91 Å². The van der Waals surface area contributed by atoms with E-state index in [2.05, 4.69) is 20.7 Å². The summed E-state index contributed by atoms with van der Waals surface area (Å²) in [6.45, 7) is 0. The number of hydrogen-bond acceptors (Lipinski definition) is 3. The van der Waals surface area contributed by atoms with Gasteiger partial charge in [0.1, 0.15) is 5.69 Å². The van der Waals surface area contributed by atoms with Gasteiger partial charge in [-0.25, -0.2) is 5.43 Å². The number of H-pyrrole nitrogens is 1. The van der Waals surface area contributed by atoms with E-state index < -0.39 is 0 Å². The van der Waals surface area contributed by atoms with Crippen molar-refractivity contribution in [1.82, 2.24) is 15.6 Å². The van der Waals surface area contributed by atoms with E-state index in [1.807, 2.05) is 12.1 Å². The Labute approximate surface area is 102 Å². The van der Waals surface area contributed by atoms with Gasteiger partial charge in [-0.2, -0.15) is 10.2 Å². The van der Waals surface area contributed by atoms with Gasteiger partial charge in [-0.3, -0.25) is 9.89 Å². The summed E-state index contributed by atoms with van der Waals surface area (Å²) in [4.78, 5) is 11.5. The molecular weight excluding hydrogens is 240 g/mol. The summed E-state index contributed by atoms with van der Waals surface area (Å²) in [5.41, 5.74) is 3.45.